The molecule has 0 bridgehead atoms. The van der Waals surface area contributed by atoms with Crippen molar-refractivity contribution >= 4 is 11.9 Å². The fourth-order valence-electron chi connectivity index (χ4n) is 12.7. The minimum Gasteiger partial charge on any atom is -0.466 e. The molecule has 3 N–H and O–H groups in total. The van der Waals surface area contributed by atoms with Crippen molar-refractivity contribution in [2.75, 3.05) is 13.2 Å². The molecule has 86 heavy (non-hydrogen) atoms. The number of amides is 1. The highest BCUT2D eigenvalue weighted by Crippen LogP contribution is 2.20. The van der Waals surface area contributed by atoms with E-state index in [1.807, 2.05) is 6.08 Å². The first kappa shape index (κ1) is 84.3. The van der Waals surface area contributed by atoms with E-state index in [1.54, 1.807) is 6.08 Å². The molecule has 510 valence electrons. The molecule has 0 fully saturated rings. The summed E-state index contributed by atoms with van der Waals surface area (Å²) in [5.74, 6) is -0.0381. The average Bonchev–Trinajstić information content (AvgIpc) is 3.58. The highest BCUT2D eigenvalue weighted by atomic mass is 16.5. The van der Waals surface area contributed by atoms with Gasteiger partial charge < -0.3 is 20.3 Å². The number of hydrogen-bond acceptors (Lipinski definition) is 5. The monoisotopic (exact) mass is 1210 g/mol. The molecule has 0 saturated carbocycles. The standard InChI is InChI=1S/C80H155NO5/c1-3-5-7-9-11-13-15-17-19-21-22-35-38-41-44-48-52-56-60-64-68-72-78(83)77(76-82)81-79(84)73-69-65-61-57-53-49-45-42-39-36-33-31-29-27-25-23-24-26-28-30-32-34-37-40-43-47-51-55-59-63-67-71-75-86-80(85)74-70-66-62-58-54-50-46-20-18-16-14-12-10-8-6-4-2/h26,28,68,72,77-78,82-83H,3-25,27,29-67,69-71,73-76H2,1-2H3,(H,81,84)/b28-26-,72-68+. The van der Waals surface area contributed by atoms with E-state index in [-0.39, 0.29) is 18.5 Å². The normalized spacial score (nSPS) is 12.6. The van der Waals surface area contributed by atoms with E-state index in [2.05, 4.69) is 31.3 Å². The first-order valence-electron chi connectivity index (χ1n) is 39.6. The summed E-state index contributed by atoms with van der Waals surface area (Å²) in [6.07, 6.45) is 97.3. The Balaban J connectivity index is 3.37. The Morgan fingerprint density at radius 2 is 0.547 bits per heavy atom. The van der Waals surface area contributed by atoms with Crippen molar-refractivity contribution in [3.63, 3.8) is 0 Å². The number of carbonyl (C=O) groups excluding carboxylic acids is 2. The third-order valence-electron chi connectivity index (χ3n) is 18.7. The quantitative estimate of drug-likeness (QED) is 0.0320. The zero-order valence-electron chi connectivity index (χ0n) is 58.6. The van der Waals surface area contributed by atoms with E-state index in [4.69, 9.17) is 4.74 Å². The van der Waals surface area contributed by atoms with Gasteiger partial charge in [0.2, 0.25) is 5.91 Å². The fourth-order valence-corrected chi connectivity index (χ4v) is 12.7. The Kier molecular flexibility index (Phi) is 74.3. The van der Waals surface area contributed by atoms with Gasteiger partial charge in [0.25, 0.3) is 0 Å². The van der Waals surface area contributed by atoms with Crippen molar-refractivity contribution in [1.82, 2.24) is 5.32 Å². The summed E-state index contributed by atoms with van der Waals surface area (Å²) < 4.78 is 5.51. The van der Waals surface area contributed by atoms with Crippen LogP contribution >= 0.6 is 0 Å². The second kappa shape index (κ2) is 75.8. The molecule has 0 aromatic rings. The third-order valence-corrected chi connectivity index (χ3v) is 18.7. The Morgan fingerprint density at radius 1 is 0.314 bits per heavy atom. The summed E-state index contributed by atoms with van der Waals surface area (Å²) in [5, 5.41) is 23.3. The van der Waals surface area contributed by atoms with E-state index in [1.165, 1.54) is 385 Å². The lowest BCUT2D eigenvalue weighted by Gasteiger charge is -2.20. The molecule has 0 radical (unpaired) electrons. The number of nitrogens with one attached hydrogen (secondary N) is 1. The number of rotatable bonds is 75. The molecule has 2 unspecified atom stereocenters. The van der Waals surface area contributed by atoms with Gasteiger partial charge in [-0.05, 0) is 57.8 Å². The first-order valence-corrected chi connectivity index (χ1v) is 39.6. The largest absolute Gasteiger partial charge is 0.466 e. The average molecular weight is 1210 g/mol. The molecule has 1 amide bonds. The maximum Gasteiger partial charge on any atom is 0.305 e. The number of carbonyl (C=O) groups is 2. The van der Waals surface area contributed by atoms with Gasteiger partial charge in [-0.1, -0.05) is 404 Å². The zero-order chi connectivity index (χ0) is 62.0. The molecule has 0 aromatic heterocycles. The van der Waals surface area contributed by atoms with Crippen molar-refractivity contribution in [3.05, 3.63) is 24.3 Å². The molecule has 0 aliphatic rings. The van der Waals surface area contributed by atoms with Gasteiger partial charge in [-0.2, -0.15) is 0 Å². The number of aliphatic hydroxyl groups excluding tert-OH is 2. The summed E-state index contributed by atoms with van der Waals surface area (Å²) in [6, 6.07) is -0.627. The lowest BCUT2D eigenvalue weighted by atomic mass is 10.0. The van der Waals surface area contributed by atoms with Crippen LogP contribution in [0.5, 0.6) is 0 Å². The zero-order valence-corrected chi connectivity index (χ0v) is 58.6. The number of hydrogen-bond donors (Lipinski definition) is 3. The van der Waals surface area contributed by atoms with Crippen molar-refractivity contribution in [3.8, 4) is 0 Å². The van der Waals surface area contributed by atoms with Gasteiger partial charge in [0.05, 0.1) is 25.4 Å². The van der Waals surface area contributed by atoms with Crippen LogP contribution in [0.25, 0.3) is 0 Å². The minimum absolute atomic E-state index is 0.0224. The van der Waals surface area contributed by atoms with Crippen LogP contribution in [-0.2, 0) is 14.3 Å². The summed E-state index contributed by atoms with van der Waals surface area (Å²) in [5.41, 5.74) is 0. The predicted molar refractivity (Wildman–Crippen MR) is 380 cm³/mol. The number of unbranched alkanes of at least 4 members (excludes halogenated alkanes) is 62. The number of ether oxygens (including phenoxy) is 1. The highest BCUT2D eigenvalue weighted by Gasteiger charge is 2.18. The van der Waals surface area contributed by atoms with Gasteiger partial charge in [-0.25, -0.2) is 0 Å². The molecule has 0 saturated heterocycles. The summed E-state index contributed by atoms with van der Waals surface area (Å²) in [7, 11) is 0. The van der Waals surface area contributed by atoms with Crippen LogP contribution in [0.15, 0.2) is 24.3 Å². The summed E-state index contributed by atoms with van der Waals surface area (Å²) in [4.78, 5) is 24.6. The van der Waals surface area contributed by atoms with Gasteiger partial charge in [0.1, 0.15) is 0 Å². The summed E-state index contributed by atoms with van der Waals surface area (Å²) >= 11 is 0. The van der Waals surface area contributed by atoms with Crippen LogP contribution < -0.4 is 5.32 Å². The number of aliphatic hydroxyl groups is 2. The molecular weight excluding hydrogens is 1050 g/mol. The van der Waals surface area contributed by atoms with Crippen molar-refractivity contribution in [2.24, 2.45) is 0 Å². The molecule has 2 atom stereocenters. The molecule has 0 aromatic carbocycles. The van der Waals surface area contributed by atoms with Gasteiger partial charge in [-0.15, -0.1) is 0 Å². The molecular formula is C80H155NO5. The van der Waals surface area contributed by atoms with Gasteiger partial charge >= 0.3 is 5.97 Å². The highest BCUT2D eigenvalue weighted by molar-refractivity contribution is 5.76. The van der Waals surface area contributed by atoms with Crippen LogP contribution in [0.2, 0.25) is 0 Å². The van der Waals surface area contributed by atoms with Crippen LogP contribution in [0.4, 0.5) is 0 Å². The predicted octanol–water partition coefficient (Wildman–Crippen LogP) is 26.0. The van der Waals surface area contributed by atoms with Crippen molar-refractivity contribution < 1.29 is 24.5 Å². The second-order valence-corrected chi connectivity index (χ2v) is 27.4. The molecule has 0 rings (SSSR count). The van der Waals surface area contributed by atoms with E-state index in [0.29, 0.717) is 19.4 Å². The number of esters is 1. The van der Waals surface area contributed by atoms with Gasteiger partial charge in [0, 0.05) is 12.8 Å². The lowest BCUT2D eigenvalue weighted by Crippen LogP contribution is -2.45. The Labute approximate surface area is 539 Å². The van der Waals surface area contributed by atoms with E-state index in [0.717, 1.165) is 38.5 Å². The van der Waals surface area contributed by atoms with Crippen molar-refractivity contribution in [2.45, 2.75) is 463 Å². The molecule has 0 aliphatic heterocycles. The lowest BCUT2D eigenvalue weighted by molar-refractivity contribution is -0.143. The van der Waals surface area contributed by atoms with Crippen molar-refractivity contribution in [1.29, 1.82) is 0 Å². The topological polar surface area (TPSA) is 95.9 Å². The van der Waals surface area contributed by atoms with Gasteiger partial charge in [0.15, 0.2) is 0 Å². The Morgan fingerprint density at radius 3 is 0.826 bits per heavy atom. The first-order chi connectivity index (χ1) is 42.5. The van der Waals surface area contributed by atoms with Gasteiger partial charge in [-0.3, -0.25) is 9.59 Å². The Bertz CT molecular complexity index is 1350. The van der Waals surface area contributed by atoms with E-state index in [9.17, 15) is 19.8 Å². The van der Waals surface area contributed by atoms with E-state index < -0.39 is 12.1 Å². The minimum atomic E-state index is -0.844. The van der Waals surface area contributed by atoms with Crippen LogP contribution in [0.1, 0.15) is 450 Å². The summed E-state index contributed by atoms with van der Waals surface area (Å²) in [6.45, 7) is 4.96. The molecule has 6 nitrogen and oxygen atoms in total. The molecule has 0 spiro atoms. The van der Waals surface area contributed by atoms with Crippen LogP contribution in [0, 0.1) is 0 Å². The maximum atomic E-state index is 12.5. The maximum absolute atomic E-state index is 12.5. The molecule has 0 heterocycles. The number of allylic oxidation sites excluding steroid dienone is 3. The molecule has 6 heteroatoms. The second-order valence-electron chi connectivity index (χ2n) is 27.4. The third kappa shape index (κ3) is 71.4. The van der Waals surface area contributed by atoms with Crippen LogP contribution in [-0.4, -0.2) is 47.4 Å². The van der Waals surface area contributed by atoms with E-state index >= 15 is 0 Å². The molecule has 0 aliphatic carbocycles. The Hall–Kier alpha value is -1.66. The smallest absolute Gasteiger partial charge is 0.305 e. The van der Waals surface area contributed by atoms with Crippen LogP contribution in [0.3, 0.4) is 0 Å². The SMILES string of the molecule is CCCCCCCCCCCCCCCCCCCCC/C=C/C(O)C(CO)NC(=O)CCCCCCCCCCCCCCCCCC/C=C\CCCCCCCCCCCCCCOC(=O)CCCCCCCCCCCCCCCCCC. The fraction of sp³-hybridized carbons (Fsp3) is 0.925.